The Bertz CT molecular complexity index is 579. The zero-order valence-electron chi connectivity index (χ0n) is 9.85. The van der Waals surface area contributed by atoms with Gasteiger partial charge in [-0.2, -0.15) is 5.10 Å². The minimum Gasteiger partial charge on any atom is -0.326 e. The number of nitrogens with zero attached hydrogens (tertiary/aromatic N) is 2. The molecule has 1 aromatic heterocycles. The molecule has 2 rings (SSSR count). The van der Waals surface area contributed by atoms with Crippen molar-refractivity contribution in [1.29, 1.82) is 0 Å². The van der Waals surface area contributed by atoms with E-state index in [1.54, 1.807) is 25.4 Å². The normalized spacial score (nSPS) is 10.4. The van der Waals surface area contributed by atoms with Gasteiger partial charge in [0.05, 0.1) is 5.69 Å². The molecule has 5 nitrogen and oxygen atoms in total. The molecule has 0 aliphatic rings. The second kappa shape index (κ2) is 4.97. The molecule has 18 heavy (non-hydrogen) atoms. The number of nitrogens with one attached hydrogen (secondary N) is 1. The van der Waals surface area contributed by atoms with Gasteiger partial charge < -0.3 is 11.1 Å². The highest BCUT2D eigenvalue weighted by molar-refractivity contribution is 6.02. The van der Waals surface area contributed by atoms with Crippen LogP contribution in [0.25, 0.3) is 0 Å². The zero-order valence-corrected chi connectivity index (χ0v) is 9.85. The number of nitrogens with two attached hydrogens (primary N) is 1. The first-order valence-electron chi connectivity index (χ1n) is 5.39. The van der Waals surface area contributed by atoms with Crippen molar-refractivity contribution in [3.8, 4) is 0 Å². The summed E-state index contributed by atoms with van der Waals surface area (Å²) in [5.41, 5.74) is 6.42. The van der Waals surface area contributed by atoms with Gasteiger partial charge in [-0.25, -0.2) is 4.39 Å². The predicted molar refractivity (Wildman–Crippen MR) is 65.5 cm³/mol. The average Bonchev–Trinajstić information content (AvgIpc) is 2.78. The Morgan fingerprint density at radius 2 is 2.28 bits per heavy atom. The van der Waals surface area contributed by atoms with E-state index in [-0.39, 0.29) is 17.9 Å². The number of carbonyl (C=O) groups excluding carboxylic acids is 1. The summed E-state index contributed by atoms with van der Waals surface area (Å²) in [6, 6.07) is 6.00. The second-order valence-electron chi connectivity index (χ2n) is 3.85. The van der Waals surface area contributed by atoms with E-state index >= 15 is 0 Å². The Morgan fingerprint density at radius 1 is 1.50 bits per heavy atom. The van der Waals surface area contributed by atoms with Gasteiger partial charge in [0, 0.05) is 19.8 Å². The number of rotatable bonds is 3. The van der Waals surface area contributed by atoms with Crippen molar-refractivity contribution < 1.29 is 9.18 Å². The van der Waals surface area contributed by atoms with Gasteiger partial charge in [0.1, 0.15) is 5.82 Å². The number of aromatic nitrogens is 2. The molecule has 0 saturated heterocycles. The van der Waals surface area contributed by atoms with Crippen LogP contribution in [-0.4, -0.2) is 15.7 Å². The number of hydrogen-bond donors (Lipinski definition) is 2. The third-order valence-electron chi connectivity index (χ3n) is 2.46. The van der Waals surface area contributed by atoms with Crippen LogP contribution in [0.15, 0.2) is 30.5 Å². The molecule has 1 aromatic carbocycles. The van der Waals surface area contributed by atoms with E-state index in [1.807, 2.05) is 0 Å². The zero-order chi connectivity index (χ0) is 13.1. The lowest BCUT2D eigenvalue weighted by Crippen LogP contribution is -2.14. The Kier molecular flexibility index (Phi) is 3.38. The molecule has 0 radical (unpaired) electrons. The molecule has 0 aliphatic heterocycles. The van der Waals surface area contributed by atoms with E-state index < -0.39 is 11.7 Å². The van der Waals surface area contributed by atoms with E-state index in [1.165, 1.54) is 16.8 Å². The number of carbonyl (C=O) groups is 1. The first kappa shape index (κ1) is 12.3. The maximum atomic E-state index is 13.6. The van der Waals surface area contributed by atoms with Crippen molar-refractivity contribution >= 4 is 11.6 Å². The van der Waals surface area contributed by atoms with Crippen LogP contribution in [0.1, 0.15) is 16.1 Å². The second-order valence-corrected chi connectivity index (χ2v) is 3.85. The Labute approximate surface area is 103 Å². The van der Waals surface area contributed by atoms with Gasteiger partial charge in [0.15, 0.2) is 5.69 Å². The third-order valence-corrected chi connectivity index (χ3v) is 2.46. The minimum atomic E-state index is -0.512. The lowest BCUT2D eigenvalue weighted by Gasteiger charge is -2.06. The maximum Gasteiger partial charge on any atom is 0.276 e. The molecular weight excluding hydrogens is 235 g/mol. The quantitative estimate of drug-likeness (QED) is 0.859. The molecule has 94 valence electrons. The van der Waals surface area contributed by atoms with E-state index in [0.717, 1.165) is 0 Å². The summed E-state index contributed by atoms with van der Waals surface area (Å²) < 4.78 is 15.1. The number of anilines is 1. The molecule has 0 saturated carbocycles. The molecule has 1 amide bonds. The van der Waals surface area contributed by atoms with Crippen LogP contribution in [0.2, 0.25) is 0 Å². The summed E-state index contributed by atoms with van der Waals surface area (Å²) in [7, 11) is 1.70. The summed E-state index contributed by atoms with van der Waals surface area (Å²) in [6.07, 6.45) is 1.64. The van der Waals surface area contributed by atoms with Crippen LogP contribution in [0.4, 0.5) is 10.1 Å². The number of benzene rings is 1. The monoisotopic (exact) mass is 248 g/mol. The van der Waals surface area contributed by atoms with Gasteiger partial charge in [0.25, 0.3) is 5.91 Å². The highest BCUT2D eigenvalue weighted by Gasteiger charge is 2.11. The first-order chi connectivity index (χ1) is 8.60. The lowest BCUT2D eigenvalue weighted by atomic mass is 10.2. The molecule has 6 heteroatoms. The topological polar surface area (TPSA) is 72.9 Å². The SMILES string of the molecule is Cn1ccc(C(=O)Nc2ccc(CN)cc2F)n1. The molecule has 0 unspecified atom stereocenters. The van der Waals surface area contributed by atoms with Crippen molar-refractivity contribution in [3.05, 3.63) is 47.5 Å². The van der Waals surface area contributed by atoms with Gasteiger partial charge >= 0.3 is 0 Å². The Hall–Kier alpha value is -2.21. The van der Waals surface area contributed by atoms with Crippen molar-refractivity contribution in [2.24, 2.45) is 12.8 Å². The van der Waals surface area contributed by atoms with Gasteiger partial charge in [-0.15, -0.1) is 0 Å². The van der Waals surface area contributed by atoms with E-state index in [2.05, 4.69) is 10.4 Å². The molecule has 2 aromatic rings. The van der Waals surface area contributed by atoms with Gasteiger partial charge in [-0.05, 0) is 23.8 Å². The van der Waals surface area contributed by atoms with Gasteiger partial charge in [-0.1, -0.05) is 6.07 Å². The van der Waals surface area contributed by atoms with E-state index in [9.17, 15) is 9.18 Å². The minimum absolute atomic E-state index is 0.114. The highest BCUT2D eigenvalue weighted by atomic mass is 19.1. The molecule has 3 N–H and O–H groups in total. The van der Waals surface area contributed by atoms with Crippen molar-refractivity contribution in [1.82, 2.24) is 9.78 Å². The van der Waals surface area contributed by atoms with Crippen LogP contribution in [-0.2, 0) is 13.6 Å². The summed E-state index contributed by atoms with van der Waals surface area (Å²) in [5.74, 6) is -0.961. The third kappa shape index (κ3) is 2.54. The van der Waals surface area contributed by atoms with Crippen LogP contribution in [0, 0.1) is 5.82 Å². The van der Waals surface area contributed by atoms with E-state index in [0.29, 0.717) is 5.56 Å². The molecule has 1 heterocycles. The Morgan fingerprint density at radius 3 is 2.83 bits per heavy atom. The van der Waals surface area contributed by atoms with Crippen LogP contribution >= 0.6 is 0 Å². The summed E-state index contributed by atoms with van der Waals surface area (Å²) >= 11 is 0. The number of amides is 1. The van der Waals surface area contributed by atoms with Gasteiger partial charge in [-0.3, -0.25) is 9.48 Å². The molecule has 0 aliphatic carbocycles. The van der Waals surface area contributed by atoms with Gasteiger partial charge in [0.2, 0.25) is 0 Å². The molecule has 0 fully saturated rings. The average molecular weight is 248 g/mol. The van der Waals surface area contributed by atoms with Crippen LogP contribution < -0.4 is 11.1 Å². The number of hydrogen-bond acceptors (Lipinski definition) is 3. The van der Waals surface area contributed by atoms with Crippen molar-refractivity contribution in [2.75, 3.05) is 5.32 Å². The largest absolute Gasteiger partial charge is 0.326 e. The fourth-order valence-electron chi connectivity index (χ4n) is 1.51. The fraction of sp³-hybridized carbons (Fsp3) is 0.167. The van der Waals surface area contributed by atoms with Crippen LogP contribution in [0.3, 0.4) is 0 Å². The Balaban J connectivity index is 2.16. The smallest absolute Gasteiger partial charge is 0.276 e. The number of aryl methyl sites for hydroxylation is 1. The molecule has 0 spiro atoms. The summed E-state index contributed by atoms with van der Waals surface area (Å²) in [6.45, 7) is 0.255. The van der Waals surface area contributed by atoms with Crippen molar-refractivity contribution in [3.63, 3.8) is 0 Å². The maximum absolute atomic E-state index is 13.6. The van der Waals surface area contributed by atoms with E-state index in [4.69, 9.17) is 5.73 Å². The lowest BCUT2D eigenvalue weighted by molar-refractivity contribution is 0.102. The highest BCUT2D eigenvalue weighted by Crippen LogP contribution is 2.16. The molecular formula is C12H13FN4O. The fourth-order valence-corrected chi connectivity index (χ4v) is 1.51. The summed E-state index contributed by atoms with van der Waals surface area (Å²) in [4.78, 5) is 11.8. The standard InChI is InChI=1S/C12H13FN4O/c1-17-5-4-11(16-17)12(18)15-10-3-2-8(7-14)6-9(10)13/h2-6H,7,14H2,1H3,(H,15,18). The number of halogens is 1. The van der Waals surface area contributed by atoms with Crippen molar-refractivity contribution in [2.45, 2.75) is 6.54 Å². The summed E-state index contributed by atoms with van der Waals surface area (Å²) in [5, 5.41) is 6.39. The van der Waals surface area contributed by atoms with Crippen LogP contribution in [0.5, 0.6) is 0 Å². The molecule has 0 bridgehead atoms. The first-order valence-corrected chi connectivity index (χ1v) is 5.39. The molecule has 0 atom stereocenters. The predicted octanol–water partition coefficient (Wildman–Crippen LogP) is 1.27.